The monoisotopic (exact) mass is 481 g/mol. The van der Waals surface area contributed by atoms with Crippen LogP contribution in [-0.2, 0) is 9.59 Å². The van der Waals surface area contributed by atoms with Gasteiger partial charge in [0, 0.05) is 10.7 Å². The summed E-state index contributed by atoms with van der Waals surface area (Å²) in [5.41, 5.74) is 3.42. The number of hydrogen-bond donors (Lipinski definition) is 2. The van der Waals surface area contributed by atoms with E-state index in [1.807, 2.05) is 0 Å². The molecule has 0 saturated heterocycles. The van der Waals surface area contributed by atoms with Crippen molar-refractivity contribution in [2.24, 2.45) is 5.10 Å². The average Bonchev–Trinajstić information content (AvgIpc) is 2.85. The molecule has 3 aromatic carbocycles. The number of rotatable bonds is 7. The molecule has 0 aromatic heterocycles. The lowest BCUT2D eigenvalue weighted by Crippen LogP contribution is -2.32. The van der Waals surface area contributed by atoms with Gasteiger partial charge in [-0.05, 0) is 72.3 Å². The lowest BCUT2D eigenvalue weighted by Gasteiger charge is -2.10. The van der Waals surface area contributed by atoms with Crippen LogP contribution in [0.25, 0.3) is 0 Å². The Kier molecular flexibility index (Phi) is 8.20. The van der Waals surface area contributed by atoms with Crippen LogP contribution in [0.15, 0.2) is 71.8 Å². The van der Waals surface area contributed by atoms with Crippen LogP contribution in [0.5, 0.6) is 17.2 Å². The second-order valence-corrected chi connectivity index (χ2v) is 7.12. The summed E-state index contributed by atoms with van der Waals surface area (Å²) < 4.78 is 15.7. The maximum absolute atomic E-state index is 12.3. The van der Waals surface area contributed by atoms with Gasteiger partial charge in [0.05, 0.1) is 26.0 Å². The third-order valence-corrected chi connectivity index (χ3v) is 4.66. The zero-order valence-electron chi connectivity index (χ0n) is 18.2. The van der Waals surface area contributed by atoms with Gasteiger partial charge in [-0.25, -0.2) is 10.2 Å². The molecule has 9 nitrogen and oxygen atoms in total. The molecule has 0 radical (unpaired) electrons. The Balaban J connectivity index is 1.58. The zero-order chi connectivity index (χ0) is 24.5. The Bertz CT molecular complexity index is 1210. The van der Waals surface area contributed by atoms with Crippen molar-refractivity contribution < 1.29 is 28.6 Å². The highest BCUT2D eigenvalue weighted by molar-refractivity contribution is 6.39. The number of carbonyl (C=O) groups excluding carboxylic acids is 3. The predicted octanol–water partition coefficient (Wildman–Crippen LogP) is 3.67. The molecule has 2 N–H and O–H groups in total. The van der Waals surface area contributed by atoms with E-state index in [4.69, 9.17) is 25.8 Å². The van der Waals surface area contributed by atoms with E-state index in [2.05, 4.69) is 15.8 Å². The molecule has 2 amide bonds. The summed E-state index contributed by atoms with van der Waals surface area (Å²) in [5.74, 6) is -1.32. The molecule has 3 rings (SSSR count). The molecule has 0 saturated carbocycles. The van der Waals surface area contributed by atoms with E-state index >= 15 is 0 Å². The first-order valence-corrected chi connectivity index (χ1v) is 10.2. The fourth-order valence-electron chi connectivity index (χ4n) is 2.67. The second kappa shape index (κ2) is 11.5. The van der Waals surface area contributed by atoms with Crippen molar-refractivity contribution in [3.8, 4) is 17.2 Å². The number of amides is 2. The molecule has 0 heterocycles. The topological polar surface area (TPSA) is 115 Å². The van der Waals surface area contributed by atoms with Gasteiger partial charge in [-0.15, -0.1) is 0 Å². The summed E-state index contributed by atoms with van der Waals surface area (Å²) in [6.07, 6.45) is 1.31. The molecule has 0 aliphatic rings. The maximum Gasteiger partial charge on any atom is 0.343 e. The number of nitrogens with one attached hydrogen (secondary N) is 2. The van der Waals surface area contributed by atoms with E-state index in [-0.39, 0.29) is 11.5 Å². The molecule has 0 unspecified atom stereocenters. The summed E-state index contributed by atoms with van der Waals surface area (Å²) in [6, 6.07) is 17.4. The molecule has 34 heavy (non-hydrogen) atoms. The second-order valence-electron chi connectivity index (χ2n) is 6.69. The summed E-state index contributed by atoms with van der Waals surface area (Å²) in [5, 5.41) is 6.72. The number of esters is 1. The minimum absolute atomic E-state index is 0.197. The molecule has 0 aliphatic carbocycles. The van der Waals surface area contributed by atoms with Crippen molar-refractivity contribution in [1.82, 2.24) is 5.43 Å². The predicted molar refractivity (Wildman–Crippen MR) is 127 cm³/mol. The Morgan fingerprint density at radius 3 is 2.21 bits per heavy atom. The number of benzene rings is 3. The van der Waals surface area contributed by atoms with Crippen LogP contribution in [-0.4, -0.2) is 38.2 Å². The van der Waals surface area contributed by atoms with E-state index in [9.17, 15) is 14.4 Å². The SMILES string of the molecule is COc1ccc(NC(=O)C(=O)N/N=C/c2ccc(OC(=O)c3ccc(Cl)cc3)c(OC)c2)cc1. The van der Waals surface area contributed by atoms with E-state index in [1.165, 1.54) is 26.5 Å². The van der Waals surface area contributed by atoms with Gasteiger partial charge in [0.2, 0.25) is 0 Å². The van der Waals surface area contributed by atoms with E-state index in [0.717, 1.165) is 0 Å². The van der Waals surface area contributed by atoms with Gasteiger partial charge in [0.25, 0.3) is 0 Å². The Morgan fingerprint density at radius 2 is 1.56 bits per heavy atom. The molecule has 0 bridgehead atoms. The van der Waals surface area contributed by atoms with E-state index in [0.29, 0.717) is 27.6 Å². The van der Waals surface area contributed by atoms with E-state index < -0.39 is 17.8 Å². The summed E-state index contributed by atoms with van der Waals surface area (Å²) in [7, 11) is 2.94. The minimum atomic E-state index is -0.951. The number of ether oxygens (including phenoxy) is 3. The van der Waals surface area contributed by atoms with Crippen LogP contribution in [0.3, 0.4) is 0 Å². The molecular formula is C24H20ClN3O6. The van der Waals surface area contributed by atoms with Crippen molar-refractivity contribution in [2.45, 2.75) is 0 Å². The summed E-state index contributed by atoms with van der Waals surface area (Å²) >= 11 is 5.83. The number of halogens is 1. The summed E-state index contributed by atoms with van der Waals surface area (Å²) in [6.45, 7) is 0. The van der Waals surface area contributed by atoms with Crippen molar-refractivity contribution in [3.05, 3.63) is 82.9 Å². The average molecular weight is 482 g/mol. The minimum Gasteiger partial charge on any atom is -0.497 e. The van der Waals surface area contributed by atoms with Crippen molar-refractivity contribution in [3.63, 3.8) is 0 Å². The zero-order valence-corrected chi connectivity index (χ0v) is 19.0. The van der Waals surface area contributed by atoms with Crippen LogP contribution in [0.4, 0.5) is 5.69 Å². The third kappa shape index (κ3) is 6.57. The van der Waals surface area contributed by atoms with Crippen molar-refractivity contribution in [1.29, 1.82) is 0 Å². The van der Waals surface area contributed by atoms with Crippen LogP contribution < -0.4 is 25.0 Å². The standard InChI is InChI=1S/C24H20ClN3O6/c1-32-19-10-8-18(9-11-19)27-22(29)23(30)28-26-14-15-3-12-20(21(13-15)33-2)34-24(31)16-4-6-17(25)7-5-16/h3-14H,1-2H3,(H,27,29)(H,28,30)/b26-14+. The smallest absolute Gasteiger partial charge is 0.343 e. The first kappa shape index (κ1) is 24.3. The fourth-order valence-corrected chi connectivity index (χ4v) is 2.80. The van der Waals surface area contributed by atoms with Gasteiger partial charge in [0.15, 0.2) is 11.5 Å². The molecule has 10 heteroatoms. The number of nitrogens with zero attached hydrogens (tertiary/aromatic N) is 1. The first-order valence-electron chi connectivity index (χ1n) is 9.84. The molecule has 3 aromatic rings. The molecule has 174 valence electrons. The molecule has 0 aliphatic heterocycles. The van der Waals surface area contributed by atoms with Gasteiger partial charge < -0.3 is 19.5 Å². The Hall–Kier alpha value is -4.37. The highest BCUT2D eigenvalue weighted by atomic mass is 35.5. The van der Waals surface area contributed by atoms with Gasteiger partial charge >= 0.3 is 17.8 Å². The molecule has 0 atom stereocenters. The molecular weight excluding hydrogens is 462 g/mol. The number of hydrazone groups is 1. The van der Waals surface area contributed by atoms with Crippen molar-refractivity contribution >= 4 is 41.3 Å². The number of methoxy groups -OCH3 is 2. The fraction of sp³-hybridized carbons (Fsp3) is 0.0833. The lowest BCUT2D eigenvalue weighted by molar-refractivity contribution is -0.136. The number of carbonyl (C=O) groups is 3. The Labute approximate surface area is 200 Å². The number of anilines is 1. The van der Waals surface area contributed by atoms with Gasteiger partial charge in [-0.3, -0.25) is 9.59 Å². The molecule has 0 spiro atoms. The first-order chi connectivity index (χ1) is 16.4. The quantitative estimate of drug-likeness (QED) is 0.175. The van der Waals surface area contributed by atoms with Crippen LogP contribution >= 0.6 is 11.6 Å². The van der Waals surface area contributed by atoms with Gasteiger partial charge in [0.1, 0.15) is 5.75 Å². The summed E-state index contributed by atoms with van der Waals surface area (Å²) in [4.78, 5) is 36.3. The number of hydrogen-bond acceptors (Lipinski definition) is 7. The van der Waals surface area contributed by atoms with Crippen LogP contribution in [0, 0.1) is 0 Å². The van der Waals surface area contributed by atoms with Gasteiger partial charge in [-0.1, -0.05) is 11.6 Å². The van der Waals surface area contributed by atoms with Gasteiger partial charge in [-0.2, -0.15) is 5.10 Å². The highest BCUT2D eigenvalue weighted by Gasteiger charge is 2.14. The van der Waals surface area contributed by atoms with Crippen LogP contribution in [0.2, 0.25) is 5.02 Å². The normalized spacial score (nSPS) is 10.4. The lowest BCUT2D eigenvalue weighted by atomic mass is 10.2. The maximum atomic E-state index is 12.3. The Morgan fingerprint density at radius 1 is 0.853 bits per heavy atom. The molecule has 0 fully saturated rings. The van der Waals surface area contributed by atoms with Crippen LogP contribution in [0.1, 0.15) is 15.9 Å². The van der Waals surface area contributed by atoms with Crippen molar-refractivity contribution in [2.75, 3.05) is 19.5 Å². The van der Waals surface area contributed by atoms with E-state index in [1.54, 1.807) is 60.7 Å². The largest absolute Gasteiger partial charge is 0.497 e. The third-order valence-electron chi connectivity index (χ3n) is 4.40. The highest BCUT2D eigenvalue weighted by Crippen LogP contribution is 2.28.